The molecule has 2 aromatic carbocycles. The third kappa shape index (κ3) is 3.29. The molecule has 4 heteroatoms. The summed E-state index contributed by atoms with van der Waals surface area (Å²) in [7, 11) is 0. The van der Waals surface area contributed by atoms with Gasteiger partial charge in [-0.1, -0.05) is 48.9 Å². The van der Waals surface area contributed by atoms with Gasteiger partial charge in [0.15, 0.2) is 0 Å². The van der Waals surface area contributed by atoms with Gasteiger partial charge in [0.1, 0.15) is 5.82 Å². The first-order chi connectivity index (χ1) is 12.8. The van der Waals surface area contributed by atoms with Crippen LogP contribution >= 0.6 is 0 Å². The lowest BCUT2D eigenvalue weighted by Gasteiger charge is -2.29. The van der Waals surface area contributed by atoms with Gasteiger partial charge in [0.05, 0.1) is 10.9 Å². The zero-order valence-electron chi connectivity index (χ0n) is 15.0. The summed E-state index contributed by atoms with van der Waals surface area (Å²) >= 11 is 0. The third-order valence-electron chi connectivity index (χ3n) is 5.56. The van der Waals surface area contributed by atoms with Gasteiger partial charge in [-0.2, -0.15) is 0 Å². The summed E-state index contributed by atoms with van der Waals surface area (Å²) in [6, 6.07) is 17.6. The van der Waals surface area contributed by atoms with Crippen LogP contribution in [0, 0.1) is 11.8 Å². The van der Waals surface area contributed by atoms with Crippen LogP contribution in [0.3, 0.4) is 0 Å². The summed E-state index contributed by atoms with van der Waals surface area (Å²) in [5.41, 5.74) is 7.71. The molecule has 0 radical (unpaired) electrons. The summed E-state index contributed by atoms with van der Waals surface area (Å²) in [5, 5.41) is 0.693. The Bertz CT molecular complexity index is 949. The number of nitrogens with two attached hydrogens (primary N) is 1. The van der Waals surface area contributed by atoms with Crippen molar-refractivity contribution in [1.29, 1.82) is 0 Å². The van der Waals surface area contributed by atoms with E-state index in [-0.39, 0.29) is 5.56 Å². The highest BCUT2D eigenvalue weighted by atomic mass is 16.1. The first kappa shape index (κ1) is 17.0. The third-order valence-corrected chi connectivity index (χ3v) is 5.56. The van der Waals surface area contributed by atoms with Gasteiger partial charge in [-0.3, -0.25) is 9.36 Å². The number of fused-ring (bicyclic) bond motifs is 1. The van der Waals surface area contributed by atoms with E-state index in [1.54, 1.807) is 0 Å². The van der Waals surface area contributed by atoms with Gasteiger partial charge in [-0.15, -0.1) is 0 Å². The van der Waals surface area contributed by atoms with Gasteiger partial charge in [-0.25, -0.2) is 4.98 Å². The molecule has 0 bridgehead atoms. The largest absolute Gasteiger partial charge is 0.330 e. The van der Waals surface area contributed by atoms with Gasteiger partial charge >= 0.3 is 0 Å². The van der Waals surface area contributed by atoms with E-state index in [0.29, 0.717) is 17.2 Å². The van der Waals surface area contributed by atoms with Crippen molar-refractivity contribution in [2.45, 2.75) is 32.2 Å². The molecule has 0 spiro atoms. The van der Waals surface area contributed by atoms with E-state index in [2.05, 4.69) is 0 Å². The smallest absolute Gasteiger partial charge is 0.261 e. The van der Waals surface area contributed by atoms with Crippen LogP contribution in [0.5, 0.6) is 0 Å². The Hall–Kier alpha value is -2.46. The van der Waals surface area contributed by atoms with Crippen molar-refractivity contribution in [2.75, 3.05) is 6.54 Å². The maximum atomic E-state index is 13.2. The molecule has 4 nitrogen and oxygen atoms in total. The zero-order valence-corrected chi connectivity index (χ0v) is 15.0. The second-order valence-electron chi connectivity index (χ2n) is 7.37. The van der Waals surface area contributed by atoms with Gasteiger partial charge in [0, 0.05) is 12.1 Å². The van der Waals surface area contributed by atoms with Crippen LogP contribution in [0.2, 0.25) is 0 Å². The molecule has 0 amide bonds. The Morgan fingerprint density at radius 3 is 2.54 bits per heavy atom. The van der Waals surface area contributed by atoms with Crippen molar-refractivity contribution in [3.8, 4) is 11.4 Å². The quantitative estimate of drug-likeness (QED) is 0.780. The van der Waals surface area contributed by atoms with Crippen LogP contribution in [0.1, 0.15) is 25.7 Å². The van der Waals surface area contributed by atoms with E-state index in [4.69, 9.17) is 10.7 Å². The maximum absolute atomic E-state index is 13.2. The standard InChI is InChI=1S/C22H25N3O/c23-14-16-7-6-8-17(13-16)15-25-21(18-9-2-1-3-10-18)24-20-12-5-4-11-19(20)22(25)26/h1-5,9-12,16-17H,6-8,13-15,23H2. The van der Waals surface area contributed by atoms with Crippen molar-refractivity contribution >= 4 is 10.9 Å². The second-order valence-corrected chi connectivity index (χ2v) is 7.37. The molecular weight excluding hydrogens is 322 g/mol. The first-order valence-corrected chi connectivity index (χ1v) is 9.51. The predicted molar refractivity (Wildman–Crippen MR) is 106 cm³/mol. The number of hydrogen-bond donors (Lipinski definition) is 1. The summed E-state index contributed by atoms with van der Waals surface area (Å²) in [6.45, 7) is 1.46. The molecule has 1 fully saturated rings. The fraction of sp³-hybridized carbons (Fsp3) is 0.364. The first-order valence-electron chi connectivity index (χ1n) is 9.51. The lowest BCUT2D eigenvalue weighted by molar-refractivity contribution is 0.246. The summed E-state index contributed by atoms with van der Waals surface area (Å²) < 4.78 is 1.89. The molecule has 2 N–H and O–H groups in total. The fourth-order valence-corrected chi connectivity index (χ4v) is 4.19. The van der Waals surface area contributed by atoms with Crippen LogP contribution in [0.25, 0.3) is 22.3 Å². The fourth-order valence-electron chi connectivity index (χ4n) is 4.19. The Balaban J connectivity index is 1.81. The molecule has 2 atom stereocenters. The molecule has 1 aliphatic rings. The van der Waals surface area contributed by atoms with Crippen molar-refractivity contribution in [3.63, 3.8) is 0 Å². The molecule has 3 aromatic rings. The van der Waals surface area contributed by atoms with Crippen LogP contribution in [0.4, 0.5) is 0 Å². The lowest BCUT2D eigenvalue weighted by Crippen LogP contribution is -2.30. The lowest BCUT2D eigenvalue weighted by atomic mass is 9.81. The maximum Gasteiger partial charge on any atom is 0.261 e. The SMILES string of the molecule is NCC1CCCC(Cn2c(-c3ccccc3)nc3ccccc3c2=O)C1. The molecule has 0 aliphatic heterocycles. The van der Waals surface area contributed by atoms with Crippen molar-refractivity contribution < 1.29 is 0 Å². The molecule has 2 unspecified atom stereocenters. The normalized spacial score (nSPS) is 20.3. The average Bonchev–Trinajstić information content (AvgIpc) is 2.71. The second kappa shape index (κ2) is 7.42. The summed E-state index contributed by atoms with van der Waals surface area (Å²) in [6.07, 6.45) is 4.67. The molecule has 1 saturated carbocycles. The van der Waals surface area contributed by atoms with E-state index in [1.165, 1.54) is 12.8 Å². The highest BCUT2D eigenvalue weighted by Gasteiger charge is 2.23. The predicted octanol–water partition coefficient (Wildman–Crippen LogP) is 3.83. The van der Waals surface area contributed by atoms with Gasteiger partial charge in [0.25, 0.3) is 5.56 Å². The minimum Gasteiger partial charge on any atom is -0.330 e. The van der Waals surface area contributed by atoms with E-state index >= 15 is 0 Å². The number of aromatic nitrogens is 2. The topological polar surface area (TPSA) is 60.9 Å². The van der Waals surface area contributed by atoms with Crippen molar-refractivity contribution in [2.24, 2.45) is 17.6 Å². The van der Waals surface area contributed by atoms with E-state index in [9.17, 15) is 4.79 Å². The van der Waals surface area contributed by atoms with Gasteiger partial charge < -0.3 is 5.73 Å². The van der Waals surface area contributed by atoms with Crippen molar-refractivity contribution in [3.05, 3.63) is 65.0 Å². The highest BCUT2D eigenvalue weighted by molar-refractivity contribution is 5.79. The zero-order chi connectivity index (χ0) is 17.9. The van der Waals surface area contributed by atoms with Crippen LogP contribution < -0.4 is 11.3 Å². The molecule has 1 aliphatic carbocycles. The van der Waals surface area contributed by atoms with E-state index in [1.807, 2.05) is 59.2 Å². The molecular formula is C22H25N3O. The Morgan fingerprint density at radius 1 is 1.00 bits per heavy atom. The number of rotatable bonds is 4. The van der Waals surface area contributed by atoms with Crippen LogP contribution in [0.15, 0.2) is 59.4 Å². The van der Waals surface area contributed by atoms with Crippen molar-refractivity contribution in [1.82, 2.24) is 9.55 Å². The Morgan fingerprint density at radius 2 is 1.73 bits per heavy atom. The number of nitrogens with zero attached hydrogens (tertiary/aromatic N) is 2. The highest BCUT2D eigenvalue weighted by Crippen LogP contribution is 2.30. The number of benzene rings is 2. The minimum absolute atomic E-state index is 0.0596. The summed E-state index contributed by atoms with van der Waals surface area (Å²) in [5.74, 6) is 1.84. The molecule has 1 heterocycles. The van der Waals surface area contributed by atoms with Gasteiger partial charge in [0.2, 0.25) is 0 Å². The van der Waals surface area contributed by atoms with E-state index in [0.717, 1.165) is 42.8 Å². The van der Waals surface area contributed by atoms with E-state index < -0.39 is 0 Å². The minimum atomic E-state index is 0.0596. The van der Waals surface area contributed by atoms with Crippen LogP contribution in [-0.4, -0.2) is 16.1 Å². The Labute approximate surface area is 153 Å². The molecule has 4 rings (SSSR count). The summed E-state index contributed by atoms with van der Waals surface area (Å²) in [4.78, 5) is 18.1. The average molecular weight is 347 g/mol. The monoisotopic (exact) mass is 347 g/mol. The molecule has 134 valence electrons. The number of hydrogen-bond acceptors (Lipinski definition) is 3. The number of para-hydroxylation sites is 1. The molecule has 26 heavy (non-hydrogen) atoms. The van der Waals surface area contributed by atoms with Gasteiger partial charge in [-0.05, 0) is 49.8 Å². The molecule has 0 saturated heterocycles. The Kier molecular flexibility index (Phi) is 4.85. The van der Waals surface area contributed by atoms with Crippen LogP contribution in [-0.2, 0) is 6.54 Å². The molecule has 1 aromatic heterocycles.